The smallest absolute Gasteiger partial charge is 0.486 e. The summed E-state index contributed by atoms with van der Waals surface area (Å²) in [6.45, 7) is -1.71. The minimum Gasteiger partial charge on any atom is -0.497 e. The van der Waals surface area contributed by atoms with Gasteiger partial charge in [0.25, 0.3) is 0 Å². The fraction of sp³-hybridized carbons (Fsp3) is 0.200. The van der Waals surface area contributed by atoms with Gasteiger partial charge < -0.3 is 9.26 Å². The highest BCUT2D eigenvalue weighted by molar-refractivity contribution is 7.55. The Hall–Kier alpha value is -2.18. The highest BCUT2D eigenvalue weighted by Crippen LogP contribution is 2.49. The molecule has 130 valence electrons. The van der Waals surface area contributed by atoms with Crippen LogP contribution in [0.15, 0.2) is 54.6 Å². The minimum atomic E-state index is -4.64. The molecule has 0 radical (unpaired) electrons. The number of para-hydroxylation sites is 1. The van der Waals surface area contributed by atoms with Crippen molar-refractivity contribution < 1.29 is 31.5 Å². The predicted molar refractivity (Wildman–Crippen MR) is 83.3 cm³/mol. The summed E-state index contributed by atoms with van der Waals surface area (Å²) in [5.41, 5.74) is 0.261. The van der Waals surface area contributed by atoms with Gasteiger partial charge >= 0.3 is 13.9 Å². The molecule has 5 nitrogen and oxygen atoms in total. The molecule has 0 amide bonds. The Morgan fingerprint density at radius 1 is 1.00 bits per heavy atom. The molecule has 24 heavy (non-hydrogen) atoms. The maximum atomic E-state index is 12.7. The van der Waals surface area contributed by atoms with Crippen molar-refractivity contribution in [1.29, 1.82) is 0 Å². The Morgan fingerprint density at radius 2 is 1.62 bits per heavy atom. The lowest BCUT2D eigenvalue weighted by atomic mass is 10.3. The third kappa shape index (κ3) is 5.79. The third-order valence-corrected chi connectivity index (χ3v) is 4.18. The average Bonchev–Trinajstić information content (AvgIpc) is 2.54. The van der Waals surface area contributed by atoms with E-state index in [1.54, 1.807) is 30.3 Å². The number of benzene rings is 2. The number of alkyl halides is 3. The quantitative estimate of drug-likeness (QED) is 0.713. The number of hydrogen-bond donors (Lipinski definition) is 1. The Morgan fingerprint density at radius 3 is 2.17 bits per heavy atom. The molecular formula is C15H15F3NO4P. The molecule has 0 saturated carbocycles. The molecule has 2 aromatic carbocycles. The van der Waals surface area contributed by atoms with E-state index in [4.69, 9.17) is 9.26 Å². The monoisotopic (exact) mass is 361 g/mol. The predicted octanol–water partition coefficient (Wildman–Crippen LogP) is 4.87. The highest BCUT2D eigenvalue weighted by atomic mass is 31.2. The van der Waals surface area contributed by atoms with Gasteiger partial charge in [-0.15, -0.1) is 0 Å². The summed E-state index contributed by atoms with van der Waals surface area (Å²) >= 11 is 0. The van der Waals surface area contributed by atoms with Gasteiger partial charge in [0.2, 0.25) is 0 Å². The van der Waals surface area contributed by atoms with E-state index in [0.29, 0.717) is 5.75 Å². The van der Waals surface area contributed by atoms with Crippen LogP contribution >= 0.6 is 7.75 Å². The van der Waals surface area contributed by atoms with E-state index < -0.39 is 20.5 Å². The summed E-state index contributed by atoms with van der Waals surface area (Å²) < 4.78 is 64.6. The van der Waals surface area contributed by atoms with Crippen LogP contribution in [0.1, 0.15) is 0 Å². The van der Waals surface area contributed by atoms with Crippen LogP contribution in [0.4, 0.5) is 18.9 Å². The van der Waals surface area contributed by atoms with Crippen LogP contribution in [0.5, 0.6) is 11.5 Å². The Balaban J connectivity index is 2.18. The van der Waals surface area contributed by atoms with Gasteiger partial charge in [-0.1, -0.05) is 18.2 Å². The van der Waals surface area contributed by atoms with Crippen molar-refractivity contribution in [2.24, 2.45) is 0 Å². The van der Waals surface area contributed by atoms with E-state index in [-0.39, 0.29) is 11.4 Å². The minimum absolute atomic E-state index is 0.115. The van der Waals surface area contributed by atoms with E-state index in [0.717, 1.165) is 0 Å². The highest BCUT2D eigenvalue weighted by Gasteiger charge is 2.36. The van der Waals surface area contributed by atoms with E-state index in [9.17, 15) is 17.7 Å². The molecule has 0 aliphatic rings. The second-order valence-corrected chi connectivity index (χ2v) is 6.29. The van der Waals surface area contributed by atoms with Crippen molar-refractivity contribution in [3.8, 4) is 11.5 Å². The van der Waals surface area contributed by atoms with Gasteiger partial charge in [-0.3, -0.25) is 9.61 Å². The number of rotatable bonds is 7. The zero-order valence-electron chi connectivity index (χ0n) is 12.6. The first-order valence-electron chi connectivity index (χ1n) is 6.78. The molecule has 9 heteroatoms. The SMILES string of the molecule is COc1ccc(N[P@](=O)(OCC(F)(F)F)Oc2ccccc2)cc1. The molecule has 1 N–H and O–H groups in total. The standard InChI is InChI=1S/C15H15F3NO4P/c1-21-13-9-7-12(8-10-13)19-24(20,22-11-15(16,17)18)23-14-5-3-2-4-6-14/h2-10H,11H2,1H3,(H,19,20)/t24-/m0/s1. The van der Waals surface area contributed by atoms with Crippen LogP contribution < -0.4 is 14.3 Å². The number of hydrogen-bond acceptors (Lipinski definition) is 4. The fourth-order valence-corrected chi connectivity index (χ4v) is 3.03. The number of ether oxygens (including phenoxy) is 1. The summed E-state index contributed by atoms with van der Waals surface area (Å²) in [6.07, 6.45) is -4.64. The average molecular weight is 361 g/mol. The molecule has 0 aliphatic carbocycles. The lowest BCUT2D eigenvalue weighted by molar-refractivity contribution is -0.154. The molecule has 0 unspecified atom stereocenters. The molecule has 0 fully saturated rings. The fourth-order valence-electron chi connectivity index (χ4n) is 1.68. The summed E-state index contributed by atoms with van der Waals surface area (Å²) in [5.74, 6) is 0.652. The molecule has 2 aromatic rings. The van der Waals surface area contributed by atoms with E-state index in [2.05, 4.69) is 9.61 Å². The Bertz CT molecular complexity index is 692. The molecule has 0 aromatic heterocycles. The van der Waals surface area contributed by atoms with E-state index in [1.807, 2.05) is 0 Å². The van der Waals surface area contributed by atoms with Gasteiger partial charge in [0.15, 0.2) is 6.61 Å². The first kappa shape index (κ1) is 18.2. The Labute approximate surface area is 136 Å². The second kappa shape index (κ2) is 7.59. The summed E-state index contributed by atoms with van der Waals surface area (Å²) in [7, 11) is -2.82. The number of anilines is 1. The van der Waals surface area contributed by atoms with Gasteiger partial charge in [0.05, 0.1) is 7.11 Å². The van der Waals surface area contributed by atoms with Gasteiger partial charge in [-0.25, -0.2) is 4.57 Å². The van der Waals surface area contributed by atoms with Crippen molar-refractivity contribution in [2.45, 2.75) is 6.18 Å². The number of methoxy groups -OCH3 is 1. The van der Waals surface area contributed by atoms with Crippen molar-refractivity contribution in [1.82, 2.24) is 0 Å². The molecule has 0 aliphatic heterocycles. The van der Waals surface area contributed by atoms with Crippen LogP contribution in [0.25, 0.3) is 0 Å². The van der Waals surface area contributed by atoms with Crippen molar-refractivity contribution in [3.63, 3.8) is 0 Å². The van der Waals surface area contributed by atoms with Crippen LogP contribution in [0.3, 0.4) is 0 Å². The van der Waals surface area contributed by atoms with Crippen molar-refractivity contribution in [3.05, 3.63) is 54.6 Å². The zero-order valence-corrected chi connectivity index (χ0v) is 13.5. The Kier molecular flexibility index (Phi) is 5.75. The number of nitrogens with one attached hydrogen (secondary N) is 1. The largest absolute Gasteiger partial charge is 0.497 e. The first-order chi connectivity index (χ1) is 11.3. The van der Waals surface area contributed by atoms with E-state index >= 15 is 0 Å². The molecule has 2 rings (SSSR count). The van der Waals surface area contributed by atoms with Gasteiger partial charge in [0.1, 0.15) is 11.5 Å². The topological polar surface area (TPSA) is 56.8 Å². The van der Waals surface area contributed by atoms with Crippen LogP contribution in [-0.4, -0.2) is 19.9 Å². The summed E-state index contributed by atoms with van der Waals surface area (Å²) in [4.78, 5) is 0. The van der Waals surface area contributed by atoms with Gasteiger partial charge in [0, 0.05) is 5.69 Å². The normalized spacial score (nSPS) is 13.8. The van der Waals surface area contributed by atoms with Gasteiger partial charge in [-0.2, -0.15) is 13.2 Å². The molecule has 0 bridgehead atoms. The molecule has 0 saturated heterocycles. The lowest BCUT2D eigenvalue weighted by Crippen LogP contribution is -2.19. The van der Waals surface area contributed by atoms with Crippen LogP contribution in [-0.2, 0) is 9.09 Å². The third-order valence-electron chi connectivity index (χ3n) is 2.72. The lowest BCUT2D eigenvalue weighted by Gasteiger charge is -2.21. The molecule has 0 spiro atoms. The summed E-state index contributed by atoms with van der Waals surface area (Å²) in [5, 5.41) is 2.38. The maximum absolute atomic E-state index is 12.7. The second-order valence-electron chi connectivity index (χ2n) is 4.63. The van der Waals surface area contributed by atoms with Crippen LogP contribution in [0.2, 0.25) is 0 Å². The zero-order chi connectivity index (χ0) is 17.6. The molecular weight excluding hydrogens is 346 g/mol. The maximum Gasteiger partial charge on any atom is 0.486 e. The van der Waals surface area contributed by atoms with Gasteiger partial charge in [-0.05, 0) is 36.4 Å². The molecule has 1 atom stereocenters. The number of halogens is 3. The van der Waals surface area contributed by atoms with Crippen molar-refractivity contribution in [2.75, 3.05) is 18.8 Å². The first-order valence-corrected chi connectivity index (χ1v) is 8.32. The summed E-state index contributed by atoms with van der Waals surface area (Å²) in [6, 6.07) is 13.9. The molecule has 0 heterocycles. The van der Waals surface area contributed by atoms with E-state index in [1.165, 1.54) is 31.4 Å². The van der Waals surface area contributed by atoms with Crippen molar-refractivity contribution >= 4 is 13.4 Å². The van der Waals surface area contributed by atoms with Crippen LogP contribution in [0, 0.1) is 0 Å².